The quantitative estimate of drug-likeness (QED) is 0.0672. The summed E-state index contributed by atoms with van der Waals surface area (Å²) in [7, 11) is 5.65. The van der Waals surface area contributed by atoms with Crippen LogP contribution >= 0.6 is 0 Å². The van der Waals surface area contributed by atoms with Crippen LogP contribution in [0.4, 0.5) is 21.0 Å². The fourth-order valence-corrected chi connectivity index (χ4v) is 10.8. The van der Waals surface area contributed by atoms with Gasteiger partial charge in [-0.1, -0.05) is 112 Å². The van der Waals surface area contributed by atoms with Gasteiger partial charge in [0.15, 0.2) is 0 Å². The van der Waals surface area contributed by atoms with Crippen LogP contribution in [0, 0.1) is 11.8 Å². The zero-order valence-electron chi connectivity index (χ0n) is 41.7. The number of nitrogens with zero attached hydrogens (tertiary/aromatic N) is 2. The van der Waals surface area contributed by atoms with E-state index in [1.54, 1.807) is 62.8 Å². The van der Waals surface area contributed by atoms with Gasteiger partial charge in [0, 0.05) is 55.9 Å². The Morgan fingerprint density at radius 1 is 0.577 bits per heavy atom. The van der Waals surface area contributed by atoms with Crippen LogP contribution in [0.5, 0.6) is 0 Å². The third kappa shape index (κ3) is 11.6. The molecule has 0 aromatic heterocycles. The van der Waals surface area contributed by atoms with Gasteiger partial charge in [-0.25, -0.2) is 9.59 Å². The standard InChI is InChI=1S/C55H68N6O10/c1-7-9-25-55(26-10-8-2)43-29-39(56-49(62)45-27-35(33-68-3)31-60(45)51(64)47(58-53(66)70-5)37-17-13-11-14-18-37)21-23-41(43)42-24-22-40(30-44(42)55)57-50(63)46-28-36(34-69-4)32-61(46)52(65)48(59-54(67)71-6)38-19-15-12-16-20-38/h11-24,29-30,35-36,45-48H,7-10,25-28,31-34H2,1-6H3,(H,56,62)(H,57,63)(H,58,66)(H,59,67)/t35-,36-,45-,46-,47+,48+/m0/s1. The van der Waals surface area contributed by atoms with E-state index in [2.05, 4.69) is 47.2 Å². The van der Waals surface area contributed by atoms with E-state index in [0.29, 0.717) is 48.6 Å². The molecule has 16 heteroatoms. The minimum absolute atomic E-state index is 0.118. The topological polar surface area (TPSA) is 194 Å². The van der Waals surface area contributed by atoms with Crippen LogP contribution in [0.2, 0.25) is 0 Å². The van der Waals surface area contributed by atoms with Crippen LogP contribution in [0.1, 0.15) is 99.6 Å². The molecule has 6 atom stereocenters. The predicted molar refractivity (Wildman–Crippen MR) is 269 cm³/mol. The van der Waals surface area contributed by atoms with E-state index in [1.165, 1.54) is 24.0 Å². The number of fused-ring (bicyclic) bond motifs is 3. The third-order valence-corrected chi connectivity index (χ3v) is 14.2. The Morgan fingerprint density at radius 2 is 0.972 bits per heavy atom. The van der Waals surface area contributed by atoms with Crippen LogP contribution in [-0.4, -0.2) is 112 Å². The number of amides is 6. The Bertz CT molecular complexity index is 2350. The summed E-state index contributed by atoms with van der Waals surface area (Å²) in [6.07, 6.45) is 4.62. The number of carbonyl (C=O) groups excluding carboxylic acids is 6. The number of anilines is 2. The Labute approximate surface area is 416 Å². The van der Waals surface area contributed by atoms with Gasteiger partial charge in [-0.15, -0.1) is 0 Å². The molecule has 0 bridgehead atoms. The van der Waals surface area contributed by atoms with Gasteiger partial charge < -0.3 is 50.0 Å². The van der Waals surface area contributed by atoms with Crippen molar-refractivity contribution in [3.05, 3.63) is 119 Å². The lowest BCUT2D eigenvalue weighted by atomic mass is 9.70. The average Bonchev–Trinajstić information content (AvgIpc) is 4.09. The lowest BCUT2D eigenvalue weighted by Crippen LogP contribution is -2.48. The average molecular weight is 973 g/mol. The molecule has 7 rings (SSSR count). The lowest BCUT2D eigenvalue weighted by Gasteiger charge is -2.33. The maximum absolute atomic E-state index is 14.5. The number of methoxy groups -OCH3 is 4. The smallest absolute Gasteiger partial charge is 0.407 e. The molecule has 0 saturated carbocycles. The molecule has 2 fully saturated rings. The monoisotopic (exact) mass is 972 g/mol. The van der Waals surface area contributed by atoms with Crippen molar-refractivity contribution in [3.63, 3.8) is 0 Å². The maximum Gasteiger partial charge on any atom is 0.407 e. The van der Waals surface area contributed by atoms with Crippen molar-refractivity contribution in [2.45, 2.75) is 94.8 Å². The molecule has 2 saturated heterocycles. The van der Waals surface area contributed by atoms with Gasteiger partial charge in [0.1, 0.15) is 24.2 Å². The summed E-state index contributed by atoms with van der Waals surface area (Å²) in [6.45, 7) is 5.55. The first kappa shape index (κ1) is 52.1. The van der Waals surface area contributed by atoms with Gasteiger partial charge in [0.05, 0.1) is 27.4 Å². The SMILES string of the molecule is CCCCC1(CCCC)c2cc(NC(=O)[C@@H]3C[C@H](COC)CN3C(=O)[C@H](NC(=O)OC)c3ccccc3)ccc2-c2ccc(NC(=O)[C@@H]3C[C@H](COC)CN3C(=O)[C@H](NC(=O)OC)c3ccccc3)cc21. The number of benzene rings is 4. The van der Waals surface area contributed by atoms with Crippen molar-refractivity contribution in [1.82, 2.24) is 20.4 Å². The maximum atomic E-state index is 14.5. The minimum Gasteiger partial charge on any atom is -0.453 e. The zero-order valence-corrected chi connectivity index (χ0v) is 41.7. The molecule has 6 amide bonds. The summed E-state index contributed by atoms with van der Waals surface area (Å²) >= 11 is 0. The summed E-state index contributed by atoms with van der Waals surface area (Å²) in [5.41, 5.74) is 6.09. The zero-order chi connectivity index (χ0) is 50.7. The van der Waals surface area contributed by atoms with Crippen LogP contribution in [0.15, 0.2) is 97.1 Å². The summed E-state index contributed by atoms with van der Waals surface area (Å²) in [4.78, 5) is 86.1. The number of nitrogens with one attached hydrogen (secondary N) is 4. The summed E-state index contributed by atoms with van der Waals surface area (Å²) in [5, 5.41) is 11.7. The predicted octanol–water partition coefficient (Wildman–Crippen LogP) is 8.13. The van der Waals surface area contributed by atoms with Crippen molar-refractivity contribution in [1.29, 1.82) is 0 Å². The summed E-state index contributed by atoms with van der Waals surface area (Å²) < 4.78 is 20.8. The first-order valence-electron chi connectivity index (χ1n) is 24.7. The first-order chi connectivity index (χ1) is 34.4. The number of ether oxygens (including phenoxy) is 4. The number of hydrogen-bond acceptors (Lipinski definition) is 10. The number of hydrogen-bond donors (Lipinski definition) is 4. The van der Waals surface area contributed by atoms with Crippen LogP contribution in [0.25, 0.3) is 11.1 Å². The van der Waals surface area contributed by atoms with Gasteiger partial charge in [0.2, 0.25) is 11.8 Å². The molecule has 16 nitrogen and oxygen atoms in total. The number of carbonyl (C=O) groups is 6. The molecule has 0 spiro atoms. The number of rotatable bonds is 20. The van der Waals surface area contributed by atoms with E-state index in [0.717, 1.165) is 60.8 Å². The molecule has 3 aliphatic rings. The van der Waals surface area contributed by atoms with E-state index >= 15 is 0 Å². The highest BCUT2D eigenvalue weighted by Gasteiger charge is 2.46. The van der Waals surface area contributed by atoms with Gasteiger partial charge in [-0.3, -0.25) is 19.2 Å². The number of unbranched alkanes of at least 4 members (excludes halogenated alkanes) is 2. The van der Waals surface area contributed by atoms with Gasteiger partial charge in [-0.05, 0) is 83.3 Å². The highest BCUT2D eigenvalue weighted by Crippen LogP contribution is 2.55. The van der Waals surface area contributed by atoms with E-state index in [-0.39, 0.29) is 36.7 Å². The molecular formula is C55H68N6O10. The third-order valence-electron chi connectivity index (χ3n) is 14.2. The molecule has 4 aromatic carbocycles. The van der Waals surface area contributed by atoms with Crippen molar-refractivity contribution in [2.24, 2.45) is 11.8 Å². The van der Waals surface area contributed by atoms with Crippen LogP contribution < -0.4 is 21.3 Å². The highest BCUT2D eigenvalue weighted by molar-refractivity contribution is 6.01. The largest absolute Gasteiger partial charge is 0.453 e. The molecule has 0 radical (unpaired) electrons. The molecule has 2 heterocycles. The lowest BCUT2D eigenvalue weighted by molar-refractivity contribution is -0.138. The summed E-state index contributed by atoms with van der Waals surface area (Å²) in [5.74, 6) is -1.79. The molecule has 1 aliphatic carbocycles. The molecular weight excluding hydrogens is 905 g/mol. The first-order valence-corrected chi connectivity index (χ1v) is 24.7. The van der Waals surface area contributed by atoms with E-state index in [1.807, 2.05) is 36.4 Å². The fourth-order valence-electron chi connectivity index (χ4n) is 10.8. The molecule has 378 valence electrons. The minimum atomic E-state index is -1.08. The molecule has 4 aromatic rings. The fraction of sp³-hybridized carbons (Fsp3) is 0.455. The normalized spacial score (nSPS) is 19.5. The molecule has 71 heavy (non-hydrogen) atoms. The molecule has 0 unspecified atom stereocenters. The molecule has 2 aliphatic heterocycles. The van der Waals surface area contributed by atoms with E-state index in [4.69, 9.17) is 18.9 Å². The van der Waals surface area contributed by atoms with Gasteiger partial charge >= 0.3 is 12.2 Å². The van der Waals surface area contributed by atoms with Crippen LogP contribution in [-0.2, 0) is 43.5 Å². The van der Waals surface area contributed by atoms with E-state index in [9.17, 15) is 28.8 Å². The second kappa shape index (κ2) is 23.9. The van der Waals surface area contributed by atoms with Crippen molar-refractivity contribution < 1.29 is 47.7 Å². The second-order valence-corrected chi connectivity index (χ2v) is 18.9. The Balaban J connectivity index is 1.18. The molecule has 4 N–H and O–H groups in total. The second-order valence-electron chi connectivity index (χ2n) is 18.9. The van der Waals surface area contributed by atoms with Crippen molar-refractivity contribution in [2.75, 3.05) is 65.4 Å². The van der Waals surface area contributed by atoms with E-state index < -0.39 is 53.6 Å². The summed E-state index contributed by atoms with van der Waals surface area (Å²) in [6, 6.07) is 25.9. The number of likely N-dealkylation sites (tertiary alicyclic amines) is 2. The van der Waals surface area contributed by atoms with Crippen LogP contribution in [0.3, 0.4) is 0 Å². The van der Waals surface area contributed by atoms with Gasteiger partial charge in [0.25, 0.3) is 11.8 Å². The van der Waals surface area contributed by atoms with Crippen molar-refractivity contribution in [3.8, 4) is 11.1 Å². The van der Waals surface area contributed by atoms with Gasteiger partial charge in [-0.2, -0.15) is 0 Å². The van der Waals surface area contributed by atoms with Crippen molar-refractivity contribution >= 4 is 47.2 Å². The Morgan fingerprint density at radius 3 is 1.32 bits per heavy atom. The Kier molecular flexibility index (Phi) is 17.5. The highest BCUT2D eigenvalue weighted by atomic mass is 16.5. The number of alkyl carbamates (subject to hydrolysis) is 2. The Hall–Kier alpha value is -6.78.